The van der Waals surface area contributed by atoms with E-state index in [1.165, 1.54) is 7.11 Å². The summed E-state index contributed by atoms with van der Waals surface area (Å²) in [7, 11) is 1.28. The van der Waals surface area contributed by atoms with Crippen LogP contribution in [0, 0.1) is 5.92 Å². The van der Waals surface area contributed by atoms with E-state index in [0.717, 1.165) is 32.7 Å². The van der Waals surface area contributed by atoms with Gasteiger partial charge in [-0.15, -0.1) is 10.2 Å². The number of rotatable bonds is 11. The minimum absolute atomic E-state index is 0.0465. The predicted octanol–water partition coefficient (Wildman–Crippen LogP) is 2.27. The van der Waals surface area contributed by atoms with Gasteiger partial charge in [-0.25, -0.2) is 4.79 Å². The number of methoxy groups -OCH3 is 1. The Kier molecular flexibility index (Phi) is 10.6. The van der Waals surface area contributed by atoms with Gasteiger partial charge in [0.25, 0.3) is 0 Å². The van der Waals surface area contributed by atoms with Crippen LogP contribution in [-0.4, -0.2) is 95.8 Å². The molecule has 2 aromatic rings. The molecule has 4 rings (SSSR count). The Labute approximate surface area is 242 Å². The summed E-state index contributed by atoms with van der Waals surface area (Å²) in [6.45, 7) is 8.86. The number of nitrogens with zero attached hydrogens (tertiary/aromatic N) is 6. The first-order chi connectivity index (χ1) is 19.3. The third-order valence-corrected chi connectivity index (χ3v) is 7.61. The Bertz CT molecular complexity index is 1280. The quantitative estimate of drug-likeness (QED) is 0.387. The van der Waals surface area contributed by atoms with Crippen molar-refractivity contribution in [2.24, 2.45) is 10.9 Å². The summed E-state index contributed by atoms with van der Waals surface area (Å²) in [6.07, 6.45) is 0. The number of ether oxygens (including phenoxy) is 3. The summed E-state index contributed by atoms with van der Waals surface area (Å²) >= 11 is 12.9. The number of halogens is 2. The topological polar surface area (TPSA) is 133 Å². The maximum absolute atomic E-state index is 13.3. The second-order valence-electron chi connectivity index (χ2n) is 9.34. The molecule has 0 saturated carbocycles. The van der Waals surface area contributed by atoms with Crippen molar-refractivity contribution in [3.8, 4) is 0 Å². The molecule has 1 saturated heterocycles. The number of aliphatic imine (C=N–C) groups is 1. The van der Waals surface area contributed by atoms with Crippen molar-refractivity contribution >= 4 is 40.9 Å². The fourth-order valence-electron chi connectivity index (χ4n) is 4.86. The lowest BCUT2D eigenvalue weighted by molar-refractivity contribution is -0.144. The maximum Gasteiger partial charge on any atom is 0.336 e. The fourth-order valence-corrected chi connectivity index (χ4v) is 5.28. The van der Waals surface area contributed by atoms with Crippen molar-refractivity contribution in [1.82, 2.24) is 30.4 Å². The molecule has 1 fully saturated rings. The number of hydrogen-bond donors (Lipinski definition) is 1. The molecular formula is C26H33Cl2N7O5. The van der Waals surface area contributed by atoms with Crippen LogP contribution in [0.25, 0.3) is 0 Å². The minimum atomic E-state index is -0.915. The molecule has 2 aliphatic heterocycles. The first kappa shape index (κ1) is 30.1. The Balaban J connectivity index is 1.56. The molecule has 1 aromatic heterocycles. The van der Waals surface area contributed by atoms with Crippen molar-refractivity contribution in [1.29, 1.82) is 0 Å². The van der Waals surface area contributed by atoms with Crippen LogP contribution in [0.15, 0.2) is 34.5 Å². The summed E-state index contributed by atoms with van der Waals surface area (Å²) < 4.78 is 16.3. The molecule has 0 radical (unpaired) electrons. The van der Waals surface area contributed by atoms with Gasteiger partial charge in [0, 0.05) is 44.4 Å². The number of tetrazole rings is 1. The zero-order chi connectivity index (χ0) is 28.6. The van der Waals surface area contributed by atoms with Gasteiger partial charge in [-0.2, -0.15) is 4.80 Å². The van der Waals surface area contributed by atoms with E-state index in [1.54, 1.807) is 36.8 Å². The number of nitrogens with one attached hydrogen (secondary N) is 1. The molecule has 1 aromatic carbocycles. The lowest BCUT2D eigenvalue weighted by atomic mass is 9.75. The summed E-state index contributed by atoms with van der Waals surface area (Å²) in [5.74, 6) is -2.56. The predicted molar refractivity (Wildman–Crippen MR) is 148 cm³/mol. The zero-order valence-corrected chi connectivity index (χ0v) is 24.2. The normalized spacial score (nSPS) is 19.9. The number of benzene rings is 1. The maximum atomic E-state index is 13.3. The van der Waals surface area contributed by atoms with E-state index in [2.05, 4.69) is 30.6 Å². The van der Waals surface area contributed by atoms with E-state index in [1.807, 2.05) is 0 Å². The second-order valence-corrected chi connectivity index (χ2v) is 10.1. The molecule has 216 valence electrons. The second kappa shape index (κ2) is 14.1. The van der Waals surface area contributed by atoms with E-state index < -0.39 is 23.8 Å². The molecule has 3 heterocycles. The number of esters is 2. The van der Waals surface area contributed by atoms with Gasteiger partial charge in [-0.3, -0.25) is 14.7 Å². The van der Waals surface area contributed by atoms with E-state index in [0.29, 0.717) is 29.3 Å². The van der Waals surface area contributed by atoms with Crippen molar-refractivity contribution in [2.75, 3.05) is 53.0 Å². The first-order valence-electron chi connectivity index (χ1n) is 13.1. The average molecular weight is 595 g/mol. The number of piperazine rings is 1. The van der Waals surface area contributed by atoms with E-state index >= 15 is 0 Å². The number of carbonyl (C=O) groups is 2. The molecule has 0 spiro atoms. The molecule has 14 heteroatoms. The van der Waals surface area contributed by atoms with Crippen molar-refractivity contribution in [3.63, 3.8) is 0 Å². The SMILES string of the molecule is CCOC(=O)C1=C(COCc2nnn(CCN3CCNCC3)n2)N=C(C)C(C(=O)OC)C1c1cccc(Cl)c1Cl. The summed E-state index contributed by atoms with van der Waals surface area (Å²) in [5, 5.41) is 16.4. The van der Waals surface area contributed by atoms with Gasteiger partial charge < -0.3 is 19.5 Å². The third kappa shape index (κ3) is 7.05. The smallest absolute Gasteiger partial charge is 0.336 e. The lowest BCUT2D eigenvalue weighted by Crippen LogP contribution is -2.44. The first-order valence-corrected chi connectivity index (χ1v) is 13.8. The van der Waals surface area contributed by atoms with Gasteiger partial charge in [0.15, 0.2) is 5.82 Å². The zero-order valence-electron chi connectivity index (χ0n) is 22.7. The molecular weight excluding hydrogens is 561 g/mol. The monoisotopic (exact) mass is 593 g/mol. The van der Waals surface area contributed by atoms with E-state index in [4.69, 9.17) is 37.4 Å². The fraction of sp³-hybridized carbons (Fsp3) is 0.538. The number of hydrogen-bond acceptors (Lipinski definition) is 11. The Morgan fingerprint density at radius 3 is 2.65 bits per heavy atom. The molecule has 2 atom stereocenters. The van der Waals surface area contributed by atoms with Crippen LogP contribution >= 0.6 is 23.2 Å². The number of carbonyl (C=O) groups excluding carboxylic acids is 2. The molecule has 0 bridgehead atoms. The van der Waals surface area contributed by atoms with Gasteiger partial charge in [0.05, 0.1) is 48.2 Å². The number of aromatic nitrogens is 4. The standard InChI is InChI=1S/C26H33Cl2N7O5/c1-4-40-26(37)23-19(14-39-15-20-31-33-35(32-20)13-12-34-10-8-29-9-11-34)30-16(2)21(25(36)38-3)22(23)17-6-5-7-18(27)24(17)28/h5-7,21-22,29H,4,8-15H2,1-3H3. The third-order valence-electron chi connectivity index (χ3n) is 6.77. The molecule has 12 nitrogen and oxygen atoms in total. The van der Waals surface area contributed by atoms with Crippen molar-refractivity contribution in [2.45, 2.75) is 32.9 Å². The van der Waals surface area contributed by atoms with Crippen LogP contribution in [0.1, 0.15) is 31.2 Å². The van der Waals surface area contributed by atoms with Crippen molar-refractivity contribution in [3.05, 3.63) is 50.9 Å². The molecule has 2 unspecified atom stereocenters. The van der Waals surface area contributed by atoms with Gasteiger partial charge in [0.1, 0.15) is 12.5 Å². The van der Waals surface area contributed by atoms with E-state index in [9.17, 15) is 9.59 Å². The summed E-state index contributed by atoms with van der Waals surface area (Å²) in [4.78, 5) is 34.7. The Hall–Kier alpha value is -2.90. The van der Waals surface area contributed by atoms with Crippen molar-refractivity contribution < 1.29 is 23.8 Å². The minimum Gasteiger partial charge on any atom is -0.468 e. The molecule has 40 heavy (non-hydrogen) atoms. The van der Waals surface area contributed by atoms with Crippen LogP contribution in [0.5, 0.6) is 0 Å². The highest BCUT2D eigenvalue weighted by Gasteiger charge is 2.44. The lowest BCUT2D eigenvalue weighted by Gasteiger charge is -2.32. The van der Waals surface area contributed by atoms with Crippen LogP contribution in [-0.2, 0) is 37.0 Å². The summed E-state index contributed by atoms with van der Waals surface area (Å²) in [5.41, 5.74) is 1.38. The van der Waals surface area contributed by atoms with Crippen LogP contribution in [0.3, 0.4) is 0 Å². The summed E-state index contributed by atoms with van der Waals surface area (Å²) in [6, 6.07) is 5.05. The van der Waals surface area contributed by atoms with Crippen LogP contribution < -0.4 is 5.32 Å². The molecule has 1 N–H and O–H groups in total. The highest BCUT2D eigenvalue weighted by atomic mass is 35.5. The highest BCUT2D eigenvalue weighted by Crippen LogP contribution is 2.44. The van der Waals surface area contributed by atoms with Gasteiger partial charge >= 0.3 is 11.9 Å². The highest BCUT2D eigenvalue weighted by molar-refractivity contribution is 6.42. The largest absolute Gasteiger partial charge is 0.468 e. The molecule has 0 aliphatic carbocycles. The Morgan fingerprint density at radius 2 is 1.93 bits per heavy atom. The van der Waals surface area contributed by atoms with Crippen LogP contribution in [0.2, 0.25) is 10.0 Å². The van der Waals surface area contributed by atoms with Gasteiger partial charge in [0.2, 0.25) is 0 Å². The molecule has 0 amide bonds. The van der Waals surface area contributed by atoms with E-state index in [-0.39, 0.29) is 35.4 Å². The van der Waals surface area contributed by atoms with Gasteiger partial charge in [-0.05, 0) is 30.7 Å². The Morgan fingerprint density at radius 1 is 1.15 bits per heavy atom. The van der Waals surface area contributed by atoms with Crippen LogP contribution in [0.4, 0.5) is 0 Å². The average Bonchev–Trinajstić information content (AvgIpc) is 3.41. The molecule has 2 aliphatic rings. The van der Waals surface area contributed by atoms with Gasteiger partial charge in [-0.1, -0.05) is 35.3 Å².